The maximum Gasteiger partial charge on any atom is 0.322 e. The van der Waals surface area contributed by atoms with Gasteiger partial charge in [0.05, 0.1) is 12.7 Å². The summed E-state index contributed by atoms with van der Waals surface area (Å²) in [6.07, 6.45) is 0.833. The van der Waals surface area contributed by atoms with Crippen molar-refractivity contribution in [1.82, 2.24) is 4.90 Å². The second-order valence-corrected chi connectivity index (χ2v) is 6.17. The number of ether oxygens (including phenoxy) is 1. The molecule has 5 heteroatoms. The topological polar surface area (TPSA) is 67.6 Å². The molecule has 1 aliphatic rings. The lowest BCUT2D eigenvalue weighted by Gasteiger charge is -2.32. The lowest BCUT2D eigenvalue weighted by atomic mass is 9.97. The summed E-state index contributed by atoms with van der Waals surface area (Å²) in [5.41, 5.74) is 8.93. The fourth-order valence-corrected chi connectivity index (χ4v) is 2.81. The van der Waals surface area contributed by atoms with Crippen molar-refractivity contribution in [2.24, 2.45) is 5.73 Å². The second kappa shape index (κ2) is 7.61. The molecule has 1 saturated heterocycles. The van der Waals surface area contributed by atoms with E-state index in [4.69, 9.17) is 10.5 Å². The van der Waals surface area contributed by atoms with Gasteiger partial charge in [0.2, 0.25) is 0 Å². The SMILES string of the molecule is Cc1ccc(NC(=O)N2CCO[C@H](CCN)C2)cc1C(C)C. The Balaban J connectivity index is 2.01. The summed E-state index contributed by atoms with van der Waals surface area (Å²) in [6, 6.07) is 6.01. The number of benzene rings is 1. The van der Waals surface area contributed by atoms with E-state index in [9.17, 15) is 4.79 Å². The monoisotopic (exact) mass is 305 g/mol. The van der Waals surface area contributed by atoms with E-state index in [1.54, 1.807) is 4.90 Å². The highest BCUT2D eigenvalue weighted by Gasteiger charge is 2.23. The van der Waals surface area contributed by atoms with Crippen LogP contribution < -0.4 is 11.1 Å². The van der Waals surface area contributed by atoms with E-state index in [1.807, 2.05) is 6.07 Å². The first kappa shape index (κ1) is 16.8. The fraction of sp³-hybridized carbons (Fsp3) is 0.588. The van der Waals surface area contributed by atoms with Crippen LogP contribution in [-0.4, -0.2) is 43.3 Å². The van der Waals surface area contributed by atoms with Crippen molar-refractivity contribution in [3.8, 4) is 0 Å². The molecule has 2 amide bonds. The first-order chi connectivity index (χ1) is 10.5. The number of anilines is 1. The zero-order valence-electron chi connectivity index (χ0n) is 13.8. The van der Waals surface area contributed by atoms with Crippen LogP contribution in [0.4, 0.5) is 10.5 Å². The maximum absolute atomic E-state index is 12.4. The summed E-state index contributed by atoms with van der Waals surface area (Å²) >= 11 is 0. The lowest BCUT2D eigenvalue weighted by Crippen LogP contribution is -2.47. The zero-order chi connectivity index (χ0) is 16.1. The van der Waals surface area contributed by atoms with Crippen LogP contribution in [0.3, 0.4) is 0 Å². The van der Waals surface area contributed by atoms with Crippen LogP contribution in [0.1, 0.15) is 37.3 Å². The maximum atomic E-state index is 12.4. The Morgan fingerprint density at radius 2 is 2.27 bits per heavy atom. The molecule has 1 aliphatic heterocycles. The molecule has 0 bridgehead atoms. The molecule has 3 N–H and O–H groups in total. The molecule has 1 atom stereocenters. The molecule has 0 aromatic heterocycles. The summed E-state index contributed by atoms with van der Waals surface area (Å²) in [5, 5.41) is 3.00. The Bertz CT molecular complexity index is 515. The van der Waals surface area contributed by atoms with Crippen molar-refractivity contribution in [3.05, 3.63) is 29.3 Å². The Hall–Kier alpha value is -1.59. The molecule has 1 aromatic carbocycles. The number of hydrogen-bond donors (Lipinski definition) is 2. The number of morpholine rings is 1. The van der Waals surface area contributed by atoms with Crippen molar-refractivity contribution >= 4 is 11.7 Å². The molecule has 2 rings (SSSR count). The van der Waals surface area contributed by atoms with Gasteiger partial charge in [-0.3, -0.25) is 0 Å². The minimum Gasteiger partial charge on any atom is -0.374 e. The predicted molar refractivity (Wildman–Crippen MR) is 89.3 cm³/mol. The first-order valence-corrected chi connectivity index (χ1v) is 7.99. The number of nitrogens with one attached hydrogen (secondary N) is 1. The van der Waals surface area contributed by atoms with Gasteiger partial charge in [-0.05, 0) is 49.1 Å². The van der Waals surface area contributed by atoms with Crippen LogP contribution in [0.5, 0.6) is 0 Å². The minimum absolute atomic E-state index is 0.0498. The minimum atomic E-state index is -0.0659. The van der Waals surface area contributed by atoms with Crippen molar-refractivity contribution in [2.75, 3.05) is 31.6 Å². The van der Waals surface area contributed by atoms with E-state index in [0.717, 1.165) is 12.1 Å². The van der Waals surface area contributed by atoms with E-state index in [2.05, 4.69) is 38.2 Å². The molecule has 0 spiro atoms. The summed E-state index contributed by atoms with van der Waals surface area (Å²) < 4.78 is 5.61. The molecule has 122 valence electrons. The zero-order valence-corrected chi connectivity index (χ0v) is 13.8. The van der Waals surface area contributed by atoms with Gasteiger partial charge in [-0.25, -0.2) is 4.79 Å². The Morgan fingerprint density at radius 3 is 2.95 bits per heavy atom. The largest absolute Gasteiger partial charge is 0.374 e. The van der Waals surface area contributed by atoms with Crippen LogP contribution in [0.15, 0.2) is 18.2 Å². The molecule has 1 heterocycles. The van der Waals surface area contributed by atoms with Crippen molar-refractivity contribution < 1.29 is 9.53 Å². The quantitative estimate of drug-likeness (QED) is 0.898. The molecule has 0 unspecified atom stereocenters. The normalized spacial score (nSPS) is 18.6. The van der Waals surface area contributed by atoms with E-state index in [-0.39, 0.29) is 12.1 Å². The number of urea groups is 1. The number of rotatable bonds is 4. The lowest BCUT2D eigenvalue weighted by molar-refractivity contribution is -0.0146. The summed E-state index contributed by atoms with van der Waals surface area (Å²) in [7, 11) is 0. The Morgan fingerprint density at radius 1 is 1.50 bits per heavy atom. The van der Waals surface area contributed by atoms with Gasteiger partial charge in [-0.2, -0.15) is 0 Å². The number of carbonyl (C=O) groups excluding carboxylic acids is 1. The van der Waals surface area contributed by atoms with Crippen LogP contribution in [0, 0.1) is 6.92 Å². The van der Waals surface area contributed by atoms with Crippen molar-refractivity contribution in [1.29, 1.82) is 0 Å². The standard InChI is InChI=1S/C17H27N3O2/c1-12(2)16-10-14(5-4-13(16)3)19-17(21)20-8-9-22-15(11-20)6-7-18/h4-5,10,12,15H,6-9,11,18H2,1-3H3,(H,19,21)/t15-/m1/s1. The average Bonchev–Trinajstić information content (AvgIpc) is 2.49. The Labute approximate surface area is 132 Å². The van der Waals surface area contributed by atoms with Crippen LogP contribution in [0.25, 0.3) is 0 Å². The van der Waals surface area contributed by atoms with Crippen molar-refractivity contribution in [2.45, 2.75) is 39.2 Å². The summed E-state index contributed by atoms with van der Waals surface area (Å²) in [4.78, 5) is 14.2. The molecular formula is C17H27N3O2. The first-order valence-electron chi connectivity index (χ1n) is 7.99. The van der Waals surface area contributed by atoms with Gasteiger partial charge in [0.25, 0.3) is 0 Å². The van der Waals surface area contributed by atoms with Gasteiger partial charge >= 0.3 is 6.03 Å². The molecule has 5 nitrogen and oxygen atoms in total. The van der Waals surface area contributed by atoms with Crippen LogP contribution in [0.2, 0.25) is 0 Å². The molecule has 22 heavy (non-hydrogen) atoms. The fourth-order valence-electron chi connectivity index (χ4n) is 2.81. The summed E-state index contributed by atoms with van der Waals surface area (Å²) in [5.74, 6) is 0.439. The second-order valence-electron chi connectivity index (χ2n) is 6.17. The summed E-state index contributed by atoms with van der Waals surface area (Å²) in [6.45, 7) is 8.79. The van der Waals surface area contributed by atoms with E-state index < -0.39 is 0 Å². The smallest absolute Gasteiger partial charge is 0.322 e. The predicted octanol–water partition coefficient (Wildman–Crippen LogP) is 2.70. The Kier molecular flexibility index (Phi) is 5.80. The van der Waals surface area contributed by atoms with Gasteiger partial charge in [0.15, 0.2) is 0 Å². The van der Waals surface area contributed by atoms with Gasteiger partial charge in [0.1, 0.15) is 0 Å². The van der Waals surface area contributed by atoms with E-state index in [0.29, 0.717) is 32.2 Å². The third-order valence-electron chi connectivity index (χ3n) is 4.07. The number of hydrogen-bond acceptors (Lipinski definition) is 3. The molecule has 1 aromatic rings. The number of amides is 2. The number of aryl methyl sites for hydroxylation is 1. The van der Waals surface area contributed by atoms with E-state index in [1.165, 1.54) is 11.1 Å². The van der Waals surface area contributed by atoms with Crippen molar-refractivity contribution in [3.63, 3.8) is 0 Å². The highest BCUT2D eigenvalue weighted by Crippen LogP contribution is 2.23. The number of nitrogens with zero attached hydrogens (tertiary/aromatic N) is 1. The van der Waals surface area contributed by atoms with Crippen LogP contribution in [-0.2, 0) is 4.74 Å². The van der Waals surface area contributed by atoms with Gasteiger partial charge in [-0.15, -0.1) is 0 Å². The third kappa shape index (κ3) is 4.21. The number of nitrogens with two attached hydrogens (primary N) is 1. The van der Waals surface area contributed by atoms with Gasteiger partial charge in [-0.1, -0.05) is 19.9 Å². The third-order valence-corrected chi connectivity index (χ3v) is 4.07. The molecule has 0 radical (unpaired) electrons. The highest BCUT2D eigenvalue weighted by molar-refractivity contribution is 5.89. The van der Waals surface area contributed by atoms with Gasteiger partial charge in [0, 0.05) is 18.8 Å². The average molecular weight is 305 g/mol. The molecule has 1 fully saturated rings. The number of carbonyl (C=O) groups is 1. The molecule has 0 saturated carbocycles. The molecular weight excluding hydrogens is 278 g/mol. The highest BCUT2D eigenvalue weighted by atomic mass is 16.5. The van der Waals surface area contributed by atoms with Crippen LogP contribution >= 0.6 is 0 Å². The van der Waals surface area contributed by atoms with E-state index >= 15 is 0 Å². The molecule has 0 aliphatic carbocycles. The van der Waals surface area contributed by atoms with Gasteiger partial charge < -0.3 is 20.7 Å².